The van der Waals surface area contributed by atoms with Crippen molar-refractivity contribution in [3.05, 3.63) is 36.4 Å². The van der Waals surface area contributed by atoms with Gasteiger partial charge in [-0.2, -0.15) is 0 Å². The van der Waals surface area contributed by atoms with Gasteiger partial charge in [0.2, 0.25) is 5.79 Å². The van der Waals surface area contributed by atoms with Gasteiger partial charge in [0.1, 0.15) is 18.3 Å². The summed E-state index contributed by atoms with van der Waals surface area (Å²) in [5.41, 5.74) is -1.23. The van der Waals surface area contributed by atoms with E-state index in [9.17, 15) is 19.8 Å². The third-order valence-corrected chi connectivity index (χ3v) is 10.3. The first-order chi connectivity index (χ1) is 17.0. The minimum absolute atomic E-state index is 0.0723. The van der Waals surface area contributed by atoms with Crippen molar-refractivity contribution in [2.45, 2.75) is 77.0 Å². The lowest BCUT2D eigenvalue weighted by Gasteiger charge is -2.75. The summed E-state index contributed by atoms with van der Waals surface area (Å²) in [6.45, 7) is 10.1. The molecule has 9 nitrogen and oxygen atoms in total. The second-order valence-electron chi connectivity index (χ2n) is 12.2. The molecule has 7 rings (SSSR count). The molecule has 0 radical (unpaired) electrons. The van der Waals surface area contributed by atoms with Crippen LogP contribution in [-0.4, -0.2) is 62.8 Å². The van der Waals surface area contributed by atoms with Crippen LogP contribution in [0.2, 0.25) is 0 Å². The van der Waals surface area contributed by atoms with Gasteiger partial charge in [0, 0.05) is 36.6 Å². The highest BCUT2D eigenvalue weighted by Gasteiger charge is 2.85. The Bertz CT molecular complexity index is 1120. The predicted octanol–water partition coefficient (Wildman–Crippen LogP) is 2.42. The van der Waals surface area contributed by atoms with E-state index in [4.69, 9.17) is 14.2 Å². The van der Waals surface area contributed by atoms with E-state index in [0.717, 1.165) is 24.8 Å². The van der Waals surface area contributed by atoms with Crippen LogP contribution in [0, 0.1) is 34.0 Å². The average molecular weight is 499 g/mol. The molecule has 9 heteroatoms. The van der Waals surface area contributed by atoms with Gasteiger partial charge < -0.3 is 24.4 Å². The maximum atomic E-state index is 13.2. The fraction of sp³-hybridized carbons (Fsp3) is 0.704. The summed E-state index contributed by atoms with van der Waals surface area (Å²) >= 11 is 0. The van der Waals surface area contributed by atoms with Crippen LogP contribution >= 0.6 is 0 Å². The zero-order valence-electron chi connectivity index (χ0n) is 21.0. The normalized spacial score (nSPS) is 46.0. The van der Waals surface area contributed by atoms with Crippen molar-refractivity contribution in [3.8, 4) is 0 Å². The number of ether oxygens (including phenoxy) is 3. The van der Waals surface area contributed by atoms with Crippen molar-refractivity contribution in [1.82, 2.24) is 9.97 Å². The Labute approximate surface area is 210 Å². The Morgan fingerprint density at radius 3 is 2.67 bits per heavy atom. The number of aliphatic hydroxyl groups excluding tert-OH is 1. The Morgan fingerprint density at radius 2 is 1.97 bits per heavy atom. The van der Waals surface area contributed by atoms with Crippen molar-refractivity contribution < 1.29 is 34.0 Å². The van der Waals surface area contributed by atoms with Gasteiger partial charge in [-0.1, -0.05) is 26.0 Å². The van der Waals surface area contributed by atoms with Crippen LogP contribution in [0.5, 0.6) is 0 Å². The summed E-state index contributed by atoms with van der Waals surface area (Å²) in [7, 11) is 0. The number of fused-ring (bicyclic) bond motifs is 2. The molecule has 0 aromatic carbocycles. The highest BCUT2D eigenvalue weighted by atomic mass is 16.7. The van der Waals surface area contributed by atoms with Crippen molar-refractivity contribution in [2.24, 2.45) is 34.0 Å². The first-order valence-corrected chi connectivity index (χ1v) is 12.9. The topological polar surface area (TPSA) is 128 Å². The van der Waals surface area contributed by atoms with Gasteiger partial charge in [0.05, 0.1) is 18.2 Å². The summed E-state index contributed by atoms with van der Waals surface area (Å²) in [6, 6.07) is 0. The molecule has 9 atom stereocenters. The number of aliphatic hydroxyl groups is 2. The van der Waals surface area contributed by atoms with E-state index in [-0.39, 0.29) is 41.4 Å². The third kappa shape index (κ3) is 2.77. The molecule has 2 saturated heterocycles. The molecule has 194 valence electrons. The van der Waals surface area contributed by atoms with Gasteiger partial charge in [0.15, 0.2) is 5.69 Å². The summed E-state index contributed by atoms with van der Waals surface area (Å²) < 4.78 is 18.4. The van der Waals surface area contributed by atoms with Crippen LogP contribution in [0.1, 0.15) is 63.4 Å². The van der Waals surface area contributed by atoms with E-state index in [1.165, 1.54) is 25.5 Å². The second-order valence-corrected chi connectivity index (χ2v) is 12.2. The van der Waals surface area contributed by atoms with Crippen LogP contribution < -0.4 is 0 Å². The summed E-state index contributed by atoms with van der Waals surface area (Å²) in [6.07, 6.45) is 4.94. The highest BCUT2D eigenvalue weighted by Crippen LogP contribution is 2.78. The lowest BCUT2D eigenvalue weighted by molar-refractivity contribution is -0.468. The van der Waals surface area contributed by atoms with E-state index in [2.05, 4.69) is 30.4 Å². The predicted molar refractivity (Wildman–Crippen MR) is 125 cm³/mol. The number of hydrogen-bond acceptors (Lipinski definition) is 9. The lowest BCUT2D eigenvalue weighted by atomic mass is 9.35. The molecule has 4 bridgehead atoms. The number of aromatic nitrogens is 2. The smallest absolute Gasteiger partial charge is 0.358 e. The molecule has 2 spiro atoms. The number of carbonyl (C=O) groups is 2. The summed E-state index contributed by atoms with van der Waals surface area (Å²) in [5, 5.41) is 24.3. The minimum Gasteiger partial charge on any atom is -0.462 e. The maximum absolute atomic E-state index is 13.2. The molecule has 1 aromatic heterocycles. The molecule has 36 heavy (non-hydrogen) atoms. The van der Waals surface area contributed by atoms with Crippen molar-refractivity contribution in [2.75, 3.05) is 6.61 Å². The Hall–Kier alpha value is -2.36. The molecule has 3 heterocycles. The molecule has 6 fully saturated rings. The van der Waals surface area contributed by atoms with Crippen molar-refractivity contribution in [1.29, 1.82) is 0 Å². The number of esters is 2. The van der Waals surface area contributed by atoms with Gasteiger partial charge in [-0.05, 0) is 43.4 Å². The van der Waals surface area contributed by atoms with Crippen LogP contribution in [0.3, 0.4) is 0 Å². The van der Waals surface area contributed by atoms with E-state index >= 15 is 0 Å². The van der Waals surface area contributed by atoms with Gasteiger partial charge in [0.25, 0.3) is 0 Å². The van der Waals surface area contributed by atoms with Crippen LogP contribution in [-0.2, 0) is 19.0 Å². The molecule has 1 aromatic rings. The van der Waals surface area contributed by atoms with E-state index in [1.54, 1.807) is 0 Å². The Balaban J connectivity index is 1.51. The first kappa shape index (κ1) is 24.0. The fourth-order valence-corrected chi connectivity index (χ4v) is 9.18. The molecule has 4 unspecified atom stereocenters. The molecule has 2 N–H and O–H groups in total. The highest BCUT2D eigenvalue weighted by molar-refractivity contribution is 5.87. The SMILES string of the molecule is C=C1CC23C(CC[C@@H]1[C@H]2OC(=O)c1cnccn1)C12CO[C@@]3(O)[C@@H](O)[C@@H]1C(C)(C)CCC2OC(C)=O. The van der Waals surface area contributed by atoms with Crippen LogP contribution in [0.15, 0.2) is 30.7 Å². The quantitative estimate of drug-likeness (QED) is 0.477. The van der Waals surface area contributed by atoms with Crippen LogP contribution in [0.25, 0.3) is 0 Å². The number of rotatable bonds is 3. The van der Waals surface area contributed by atoms with Gasteiger partial charge in [-0.25, -0.2) is 9.78 Å². The number of nitrogens with zero attached hydrogens (tertiary/aromatic N) is 2. The van der Waals surface area contributed by atoms with E-state index in [0.29, 0.717) is 12.8 Å². The molecular weight excluding hydrogens is 464 g/mol. The van der Waals surface area contributed by atoms with Crippen LogP contribution in [0.4, 0.5) is 0 Å². The number of hydrogen-bond donors (Lipinski definition) is 2. The van der Waals surface area contributed by atoms with E-state index in [1.807, 2.05) is 0 Å². The molecule has 4 saturated carbocycles. The molecule has 2 aliphatic heterocycles. The van der Waals surface area contributed by atoms with Gasteiger partial charge in [-0.15, -0.1) is 0 Å². The monoisotopic (exact) mass is 498 g/mol. The Kier molecular flexibility index (Phi) is 5.06. The molecule has 6 aliphatic rings. The molecular formula is C27H34N2O7. The summed E-state index contributed by atoms with van der Waals surface area (Å²) in [5.74, 6) is -3.71. The zero-order valence-corrected chi connectivity index (χ0v) is 21.0. The fourth-order valence-electron chi connectivity index (χ4n) is 9.18. The first-order valence-electron chi connectivity index (χ1n) is 12.9. The van der Waals surface area contributed by atoms with Gasteiger partial charge in [-0.3, -0.25) is 9.78 Å². The second kappa shape index (κ2) is 7.58. The maximum Gasteiger partial charge on any atom is 0.358 e. The average Bonchev–Trinajstić information content (AvgIpc) is 2.98. The molecule has 4 aliphatic carbocycles. The van der Waals surface area contributed by atoms with Crippen molar-refractivity contribution >= 4 is 11.9 Å². The standard InChI is InChI=1S/C27H34N2O7/c1-14-11-26-18(6-5-16(14)22(26)36-23(32)17-12-28-9-10-29-17)25-13-34-27(26,33)21(31)20(25)24(3,4)8-7-19(25)35-15(2)30/h9-10,12,16,18-22,31,33H,1,5-8,11,13H2,2-4H3/t16-,18?,19?,20+,21-,22+,25?,26?,27-/m0/s1. The van der Waals surface area contributed by atoms with E-state index < -0.39 is 40.9 Å². The van der Waals surface area contributed by atoms with Gasteiger partial charge >= 0.3 is 11.9 Å². The third-order valence-electron chi connectivity index (χ3n) is 10.3. The largest absolute Gasteiger partial charge is 0.462 e. The van der Waals surface area contributed by atoms with Crippen molar-refractivity contribution in [3.63, 3.8) is 0 Å². The number of carbonyl (C=O) groups excluding carboxylic acids is 2. The zero-order chi connectivity index (χ0) is 25.7. The Morgan fingerprint density at radius 1 is 1.19 bits per heavy atom. The lowest BCUT2D eigenvalue weighted by Crippen LogP contribution is -2.84. The molecule has 0 amide bonds. The summed E-state index contributed by atoms with van der Waals surface area (Å²) in [4.78, 5) is 33.5. The minimum atomic E-state index is -1.94.